The third kappa shape index (κ3) is 5.33. The first kappa shape index (κ1) is 19.4. The van der Waals surface area contributed by atoms with E-state index in [4.69, 9.17) is 4.74 Å². The molecule has 3 rings (SSSR count). The van der Waals surface area contributed by atoms with Crippen molar-refractivity contribution in [2.24, 2.45) is 0 Å². The lowest BCUT2D eigenvalue weighted by Gasteiger charge is -2.18. The first-order chi connectivity index (χ1) is 13.5. The first-order valence-corrected chi connectivity index (χ1v) is 9.09. The number of ether oxygens (including phenoxy) is 1. The summed E-state index contributed by atoms with van der Waals surface area (Å²) in [6.45, 7) is 0.408. The summed E-state index contributed by atoms with van der Waals surface area (Å²) in [5.74, 6) is -1.18. The highest BCUT2D eigenvalue weighted by molar-refractivity contribution is 5.92. The van der Waals surface area contributed by atoms with Gasteiger partial charge in [-0.15, -0.1) is 0 Å². The molecular formula is C21H22N2O5. The van der Waals surface area contributed by atoms with Crippen molar-refractivity contribution >= 4 is 17.8 Å². The molecule has 1 heterocycles. The van der Waals surface area contributed by atoms with Gasteiger partial charge in [-0.25, -0.2) is 4.79 Å². The summed E-state index contributed by atoms with van der Waals surface area (Å²) >= 11 is 0. The average Bonchev–Trinajstić information content (AvgIpc) is 3.13. The number of aliphatic carboxylic acids is 1. The van der Waals surface area contributed by atoms with E-state index in [0.29, 0.717) is 18.8 Å². The second-order valence-electron chi connectivity index (χ2n) is 6.68. The minimum Gasteiger partial charge on any atom is -0.489 e. The number of hydrogen-bond acceptors (Lipinski definition) is 4. The van der Waals surface area contributed by atoms with Crippen LogP contribution in [0.2, 0.25) is 0 Å². The molecule has 146 valence electrons. The summed E-state index contributed by atoms with van der Waals surface area (Å²) < 4.78 is 5.77. The molecule has 1 saturated heterocycles. The zero-order valence-electron chi connectivity index (χ0n) is 15.3. The number of carboxylic acid groups (broad SMARTS) is 1. The molecule has 0 bridgehead atoms. The molecular weight excluding hydrogens is 360 g/mol. The molecule has 7 nitrogen and oxygen atoms in total. The maximum Gasteiger partial charge on any atom is 0.326 e. The highest BCUT2D eigenvalue weighted by atomic mass is 16.5. The van der Waals surface area contributed by atoms with Gasteiger partial charge in [-0.1, -0.05) is 42.5 Å². The maximum absolute atomic E-state index is 12.2. The van der Waals surface area contributed by atoms with E-state index >= 15 is 0 Å². The summed E-state index contributed by atoms with van der Waals surface area (Å²) in [6.07, 6.45) is 0.765. The van der Waals surface area contributed by atoms with Crippen LogP contribution < -0.4 is 15.4 Å². The van der Waals surface area contributed by atoms with Crippen LogP contribution in [0.1, 0.15) is 24.0 Å². The van der Waals surface area contributed by atoms with Crippen LogP contribution in [0.4, 0.5) is 0 Å². The molecule has 0 radical (unpaired) electrons. The van der Waals surface area contributed by atoms with E-state index in [0.717, 1.165) is 11.1 Å². The molecule has 1 fully saturated rings. The number of rotatable bonds is 8. The monoisotopic (exact) mass is 382 g/mol. The lowest BCUT2D eigenvalue weighted by atomic mass is 10.0. The Bertz CT molecular complexity index is 853. The molecule has 3 N–H and O–H groups in total. The predicted octanol–water partition coefficient (Wildman–Crippen LogP) is 1.66. The molecule has 28 heavy (non-hydrogen) atoms. The summed E-state index contributed by atoms with van der Waals surface area (Å²) in [4.78, 5) is 35.0. The molecule has 0 saturated carbocycles. The van der Waals surface area contributed by atoms with Crippen molar-refractivity contribution in [3.8, 4) is 5.75 Å². The Kier molecular flexibility index (Phi) is 6.26. The van der Waals surface area contributed by atoms with Gasteiger partial charge in [-0.2, -0.15) is 0 Å². The van der Waals surface area contributed by atoms with Crippen molar-refractivity contribution in [1.82, 2.24) is 10.6 Å². The van der Waals surface area contributed by atoms with E-state index in [1.807, 2.05) is 30.3 Å². The van der Waals surface area contributed by atoms with Gasteiger partial charge in [-0.05, 0) is 29.7 Å². The lowest BCUT2D eigenvalue weighted by Crippen LogP contribution is -2.49. The molecule has 0 aromatic heterocycles. The summed E-state index contributed by atoms with van der Waals surface area (Å²) in [7, 11) is 0. The molecule has 2 amide bonds. The van der Waals surface area contributed by atoms with Crippen LogP contribution in [-0.4, -0.2) is 35.0 Å². The van der Waals surface area contributed by atoms with Crippen LogP contribution in [-0.2, 0) is 27.4 Å². The predicted molar refractivity (Wildman–Crippen MR) is 102 cm³/mol. The Hall–Kier alpha value is -3.35. The van der Waals surface area contributed by atoms with E-state index in [2.05, 4.69) is 10.6 Å². The van der Waals surface area contributed by atoms with Crippen LogP contribution in [0.25, 0.3) is 0 Å². The third-order valence-electron chi connectivity index (χ3n) is 4.51. The van der Waals surface area contributed by atoms with Gasteiger partial charge < -0.3 is 20.5 Å². The number of amides is 2. The molecule has 0 spiro atoms. The van der Waals surface area contributed by atoms with E-state index < -0.39 is 24.0 Å². The van der Waals surface area contributed by atoms with Gasteiger partial charge in [0, 0.05) is 12.8 Å². The lowest BCUT2D eigenvalue weighted by molar-refractivity contribution is -0.142. The van der Waals surface area contributed by atoms with Crippen molar-refractivity contribution in [3.63, 3.8) is 0 Å². The van der Waals surface area contributed by atoms with Crippen LogP contribution in [0.3, 0.4) is 0 Å². The first-order valence-electron chi connectivity index (χ1n) is 9.09. The van der Waals surface area contributed by atoms with Crippen LogP contribution in [0, 0.1) is 0 Å². The fraction of sp³-hybridized carbons (Fsp3) is 0.286. The second-order valence-corrected chi connectivity index (χ2v) is 6.68. The summed E-state index contributed by atoms with van der Waals surface area (Å²) in [6, 6.07) is 15.1. The second kappa shape index (κ2) is 9.03. The Morgan fingerprint density at radius 1 is 1.14 bits per heavy atom. The maximum atomic E-state index is 12.2. The Balaban J connectivity index is 1.60. The third-order valence-corrected chi connectivity index (χ3v) is 4.51. The molecule has 1 aliphatic rings. The van der Waals surface area contributed by atoms with Gasteiger partial charge in [0.25, 0.3) is 0 Å². The molecule has 2 aromatic carbocycles. The van der Waals surface area contributed by atoms with Crippen molar-refractivity contribution < 1.29 is 24.2 Å². The number of carbonyl (C=O) groups excluding carboxylic acids is 2. The molecule has 0 aliphatic carbocycles. The molecule has 2 aromatic rings. The van der Waals surface area contributed by atoms with E-state index in [9.17, 15) is 19.5 Å². The van der Waals surface area contributed by atoms with Crippen molar-refractivity contribution in [2.45, 2.75) is 38.0 Å². The van der Waals surface area contributed by atoms with Gasteiger partial charge in [0.2, 0.25) is 11.8 Å². The minimum atomic E-state index is -1.13. The van der Waals surface area contributed by atoms with Gasteiger partial charge >= 0.3 is 5.97 Å². The highest BCUT2D eigenvalue weighted by Crippen LogP contribution is 2.17. The van der Waals surface area contributed by atoms with Crippen molar-refractivity contribution in [2.75, 3.05) is 0 Å². The Morgan fingerprint density at radius 3 is 2.57 bits per heavy atom. The highest BCUT2D eigenvalue weighted by Gasteiger charge is 2.30. The number of carbonyl (C=O) groups is 3. The minimum absolute atomic E-state index is 0.115. The standard InChI is InChI=1S/C21H22N2O5/c24-19-10-9-17(22-19)20(25)23-18(21(26)27)12-15-7-4-8-16(11-15)28-13-14-5-2-1-3-6-14/h1-8,11,17-18H,9-10,12-13H2,(H,22,24)(H,23,25)(H,26,27)/t17-,18-/m1/s1. The molecule has 2 atom stereocenters. The number of benzene rings is 2. The van der Waals surface area contributed by atoms with Crippen molar-refractivity contribution in [3.05, 3.63) is 65.7 Å². The molecule has 1 aliphatic heterocycles. The fourth-order valence-corrected chi connectivity index (χ4v) is 3.02. The number of hydrogen-bond donors (Lipinski definition) is 3. The summed E-state index contributed by atoms with van der Waals surface area (Å²) in [5, 5.41) is 14.5. The van der Waals surface area contributed by atoms with Crippen LogP contribution in [0.5, 0.6) is 5.75 Å². The SMILES string of the molecule is O=C1CC[C@H](C(=O)N[C@H](Cc2cccc(OCc3ccccc3)c2)C(=O)O)N1. The Labute approximate surface area is 162 Å². The van der Waals surface area contributed by atoms with E-state index in [1.165, 1.54) is 0 Å². The van der Waals surface area contributed by atoms with Gasteiger partial charge in [-0.3, -0.25) is 9.59 Å². The molecule has 0 unspecified atom stereocenters. The smallest absolute Gasteiger partial charge is 0.326 e. The largest absolute Gasteiger partial charge is 0.489 e. The average molecular weight is 382 g/mol. The number of carboxylic acids is 1. The van der Waals surface area contributed by atoms with Gasteiger partial charge in [0.05, 0.1) is 0 Å². The normalized spacial score (nSPS) is 16.9. The topological polar surface area (TPSA) is 105 Å². The van der Waals surface area contributed by atoms with Crippen LogP contribution >= 0.6 is 0 Å². The van der Waals surface area contributed by atoms with E-state index in [-0.39, 0.29) is 18.7 Å². The Morgan fingerprint density at radius 2 is 1.89 bits per heavy atom. The quantitative estimate of drug-likeness (QED) is 0.644. The van der Waals surface area contributed by atoms with E-state index in [1.54, 1.807) is 24.3 Å². The molecule has 7 heteroatoms. The van der Waals surface area contributed by atoms with Crippen molar-refractivity contribution in [1.29, 1.82) is 0 Å². The number of nitrogens with one attached hydrogen (secondary N) is 2. The van der Waals surface area contributed by atoms with Crippen LogP contribution in [0.15, 0.2) is 54.6 Å². The van der Waals surface area contributed by atoms with Gasteiger partial charge in [0.1, 0.15) is 24.4 Å². The summed E-state index contributed by atoms with van der Waals surface area (Å²) in [5.41, 5.74) is 1.76. The zero-order valence-corrected chi connectivity index (χ0v) is 15.3. The van der Waals surface area contributed by atoms with Gasteiger partial charge in [0.15, 0.2) is 0 Å². The zero-order chi connectivity index (χ0) is 19.9. The fourth-order valence-electron chi connectivity index (χ4n) is 3.02.